The predicted molar refractivity (Wildman–Crippen MR) is 83.9 cm³/mol. The predicted octanol–water partition coefficient (Wildman–Crippen LogP) is 1.59. The van der Waals surface area contributed by atoms with Gasteiger partial charge in [-0.25, -0.2) is 18.4 Å². The molecular weight excluding hydrogens is 320 g/mol. The summed E-state index contributed by atoms with van der Waals surface area (Å²) < 4.78 is 23.0. The summed E-state index contributed by atoms with van der Waals surface area (Å²) in [7, 11) is -3.92. The fourth-order valence-electron chi connectivity index (χ4n) is 1.95. The normalized spacial score (nSPS) is 11.0. The molecule has 2 aromatic carbocycles. The Balaban J connectivity index is 2.26. The number of hydrogen-bond acceptors (Lipinski definition) is 4. The second kappa shape index (κ2) is 6.19. The maximum absolute atomic E-state index is 12.2. The monoisotopic (exact) mass is 334 g/mol. The molecule has 0 aliphatic rings. The van der Waals surface area contributed by atoms with E-state index in [-0.39, 0.29) is 16.0 Å². The van der Waals surface area contributed by atoms with Gasteiger partial charge >= 0.3 is 5.97 Å². The lowest BCUT2D eigenvalue weighted by molar-refractivity contribution is 0.0696. The molecule has 0 aliphatic heterocycles. The third-order valence-corrected chi connectivity index (χ3v) is 4.20. The molecule has 0 fully saturated rings. The van der Waals surface area contributed by atoms with Crippen molar-refractivity contribution in [2.24, 2.45) is 5.14 Å². The maximum atomic E-state index is 12.2. The Morgan fingerprint density at radius 1 is 1.04 bits per heavy atom. The van der Waals surface area contributed by atoms with Crippen molar-refractivity contribution < 1.29 is 23.1 Å². The molecule has 0 unspecified atom stereocenters. The number of rotatable bonds is 4. The summed E-state index contributed by atoms with van der Waals surface area (Å²) in [6.45, 7) is 1.58. The molecule has 120 valence electrons. The van der Waals surface area contributed by atoms with Gasteiger partial charge in [0.1, 0.15) is 0 Å². The highest BCUT2D eigenvalue weighted by Crippen LogP contribution is 2.17. The van der Waals surface area contributed by atoms with Crippen LogP contribution in [0.2, 0.25) is 0 Å². The van der Waals surface area contributed by atoms with Crippen LogP contribution >= 0.6 is 0 Å². The summed E-state index contributed by atoms with van der Waals surface area (Å²) in [6.07, 6.45) is 0. The van der Waals surface area contributed by atoms with E-state index in [1.165, 1.54) is 42.5 Å². The molecule has 0 atom stereocenters. The molecule has 0 heterocycles. The number of nitrogens with two attached hydrogens (primary N) is 1. The second-order valence-electron chi connectivity index (χ2n) is 4.86. The van der Waals surface area contributed by atoms with Crippen molar-refractivity contribution >= 4 is 27.6 Å². The van der Waals surface area contributed by atoms with Crippen molar-refractivity contribution in [3.8, 4) is 0 Å². The third-order valence-electron chi connectivity index (χ3n) is 3.15. The van der Waals surface area contributed by atoms with Gasteiger partial charge in [0, 0.05) is 11.3 Å². The van der Waals surface area contributed by atoms with Gasteiger partial charge in [-0.15, -0.1) is 0 Å². The van der Waals surface area contributed by atoms with Gasteiger partial charge in [0.15, 0.2) is 0 Å². The van der Waals surface area contributed by atoms with Crippen molar-refractivity contribution in [2.75, 3.05) is 5.32 Å². The van der Waals surface area contributed by atoms with Gasteiger partial charge in [-0.1, -0.05) is 6.07 Å². The topological polar surface area (TPSA) is 127 Å². The van der Waals surface area contributed by atoms with Gasteiger partial charge in [0.25, 0.3) is 5.91 Å². The Hall–Kier alpha value is -2.71. The Bertz CT molecular complexity index is 873. The van der Waals surface area contributed by atoms with Gasteiger partial charge in [-0.3, -0.25) is 4.79 Å². The highest BCUT2D eigenvalue weighted by atomic mass is 32.2. The zero-order valence-corrected chi connectivity index (χ0v) is 12.9. The minimum absolute atomic E-state index is 0.0925. The standard InChI is InChI=1S/C15H14N2O5S/c1-9-2-3-11(8-13(9)23(16,21)22)14(18)17-12-6-4-10(5-7-12)15(19)20/h2-8H,1H3,(H,17,18)(H,19,20)(H2,16,21,22). The van der Waals surface area contributed by atoms with E-state index in [1.54, 1.807) is 6.92 Å². The average molecular weight is 334 g/mol. The molecule has 1 amide bonds. The van der Waals surface area contributed by atoms with Crippen LogP contribution < -0.4 is 10.5 Å². The van der Waals surface area contributed by atoms with E-state index in [9.17, 15) is 18.0 Å². The number of benzene rings is 2. The molecule has 0 bridgehead atoms. The summed E-state index contributed by atoms with van der Waals surface area (Å²) in [5.41, 5.74) is 1.05. The minimum Gasteiger partial charge on any atom is -0.478 e. The molecule has 0 spiro atoms. The number of anilines is 1. The fourth-order valence-corrected chi connectivity index (χ4v) is 2.76. The van der Waals surface area contributed by atoms with Gasteiger partial charge < -0.3 is 10.4 Å². The number of carboxylic acid groups (broad SMARTS) is 1. The summed E-state index contributed by atoms with van der Waals surface area (Å²) in [5.74, 6) is -1.60. The molecule has 0 radical (unpaired) electrons. The van der Waals surface area contributed by atoms with E-state index in [1.807, 2.05) is 0 Å². The highest BCUT2D eigenvalue weighted by Gasteiger charge is 2.15. The molecule has 0 saturated carbocycles. The zero-order chi connectivity index (χ0) is 17.2. The minimum atomic E-state index is -3.92. The van der Waals surface area contributed by atoms with E-state index in [4.69, 9.17) is 10.2 Å². The first-order chi connectivity index (χ1) is 10.7. The van der Waals surface area contributed by atoms with Crippen LogP contribution in [0.1, 0.15) is 26.3 Å². The number of sulfonamides is 1. The van der Waals surface area contributed by atoms with Crippen molar-refractivity contribution in [3.63, 3.8) is 0 Å². The number of nitrogens with one attached hydrogen (secondary N) is 1. The number of carbonyl (C=O) groups is 2. The van der Waals surface area contributed by atoms with E-state index in [2.05, 4.69) is 5.32 Å². The number of amides is 1. The first-order valence-corrected chi connectivity index (χ1v) is 8.01. The van der Waals surface area contributed by atoms with Crippen LogP contribution in [0.25, 0.3) is 0 Å². The lowest BCUT2D eigenvalue weighted by Crippen LogP contribution is -2.17. The first kappa shape index (κ1) is 16.7. The molecule has 4 N–H and O–H groups in total. The molecule has 0 aromatic heterocycles. The quantitative estimate of drug-likeness (QED) is 0.782. The number of aromatic carboxylic acids is 1. The van der Waals surface area contributed by atoms with Gasteiger partial charge in [0.05, 0.1) is 10.5 Å². The molecule has 0 saturated heterocycles. The Morgan fingerprint density at radius 2 is 1.61 bits per heavy atom. The van der Waals surface area contributed by atoms with Crippen LogP contribution in [0.15, 0.2) is 47.4 Å². The van der Waals surface area contributed by atoms with Gasteiger partial charge in [-0.2, -0.15) is 0 Å². The van der Waals surface area contributed by atoms with E-state index in [0.29, 0.717) is 11.3 Å². The SMILES string of the molecule is Cc1ccc(C(=O)Nc2ccc(C(=O)O)cc2)cc1S(N)(=O)=O. The smallest absolute Gasteiger partial charge is 0.335 e. The lowest BCUT2D eigenvalue weighted by atomic mass is 10.1. The van der Waals surface area contributed by atoms with Crippen molar-refractivity contribution in [2.45, 2.75) is 11.8 Å². The van der Waals surface area contributed by atoms with Crippen LogP contribution in [0.5, 0.6) is 0 Å². The summed E-state index contributed by atoms with van der Waals surface area (Å²) in [5, 5.41) is 16.5. The molecule has 2 aromatic rings. The molecule has 7 nitrogen and oxygen atoms in total. The van der Waals surface area contributed by atoms with Gasteiger partial charge in [0.2, 0.25) is 10.0 Å². The van der Waals surface area contributed by atoms with Crippen LogP contribution in [0.4, 0.5) is 5.69 Å². The van der Waals surface area contributed by atoms with Crippen LogP contribution in [0, 0.1) is 6.92 Å². The Morgan fingerprint density at radius 3 is 2.13 bits per heavy atom. The third kappa shape index (κ3) is 3.93. The largest absolute Gasteiger partial charge is 0.478 e. The van der Waals surface area contributed by atoms with Crippen molar-refractivity contribution in [1.29, 1.82) is 0 Å². The molecule has 8 heteroatoms. The zero-order valence-electron chi connectivity index (χ0n) is 12.1. The summed E-state index contributed by atoms with van der Waals surface area (Å²) in [6, 6.07) is 9.75. The number of carbonyl (C=O) groups excluding carboxylic acids is 1. The summed E-state index contributed by atoms with van der Waals surface area (Å²) >= 11 is 0. The number of aryl methyl sites for hydroxylation is 1. The lowest BCUT2D eigenvalue weighted by Gasteiger charge is -2.08. The molecule has 2 rings (SSSR count). The molecular formula is C15H14N2O5S. The Labute approximate surface area is 132 Å². The van der Waals surface area contributed by atoms with Crippen molar-refractivity contribution in [1.82, 2.24) is 0 Å². The average Bonchev–Trinajstić information content (AvgIpc) is 2.47. The van der Waals surface area contributed by atoms with E-state index in [0.717, 1.165) is 0 Å². The number of carboxylic acids is 1. The first-order valence-electron chi connectivity index (χ1n) is 6.46. The molecule has 0 aliphatic carbocycles. The second-order valence-corrected chi connectivity index (χ2v) is 6.39. The van der Waals surface area contributed by atoms with Crippen molar-refractivity contribution in [3.05, 3.63) is 59.2 Å². The maximum Gasteiger partial charge on any atom is 0.335 e. The van der Waals surface area contributed by atoms with Crippen LogP contribution in [-0.2, 0) is 10.0 Å². The number of hydrogen-bond donors (Lipinski definition) is 3. The van der Waals surface area contributed by atoms with Crippen LogP contribution in [0.3, 0.4) is 0 Å². The van der Waals surface area contributed by atoms with E-state index < -0.39 is 21.9 Å². The Kier molecular flexibility index (Phi) is 4.48. The fraction of sp³-hybridized carbons (Fsp3) is 0.0667. The highest BCUT2D eigenvalue weighted by molar-refractivity contribution is 7.89. The van der Waals surface area contributed by atoms with Gasteiger partial charge in [-0.05, 0) is 48.9 Å². The molecule has 23 heavy (non-hydrogen) atoms. The van der Waals surface area contributed by atoms with E-state index >= 15 is 0 Å². The van der Waals surface area contributed by atoms with Crippen LogP contribution in [-0.4, -0.2) is 25.4 Å². The number of primary sulfonamides is 1. The summed E-state index contributed by atoms with van der Waals surface area (Å²) in [4.78, 5) is 22.8.